The van der Waals surface area contributed by atoms with E-state index in [1.165, 1.54) is 174 Å². The fourth-order valence-corrected chi connectivity index (χ4v) is 5.35. The molecule has 1 nitrogen and oxygen atoms in total. The first-order valence-electron chi connectivity index (χ1n) is 16.8. The van der Waals surface area contributed by atoms with Crippen LogP contribution in [0.5, 0.6) is 0 Å². The molecule has 0 aromatic rings. The van der Waals surface area contributed by atoms with Gasteiger partial charge in [-0.1, -0.05) is 169 Å². The van der Waals surface area contributed by atoms with Gasteiger partial charge >= 0.3 is 0 Å². The van der Waals surface area contributed by atoms with Gasteiger partial charge in [0.1, 0.15) is 0 Å². The van der Waals surface area contributed by atoms with Crippen molar-refractivity contribution in [2.75, 3.05) is 19.6 Å². The Kier molecular flexibility index (Phi) is 28.5. The highest BCUT2D eigenvalue weighted by Gasteiger charge is 2.05. The monoisotopic (exact) mass is 494 g/mol. The highest BCUT2D eigenvalue weighted by molar-refractivity contribution is 4.61. The summed E-state index contributed by atoms with van der Waals surface area (Å²) in [4.78, 5) is 2.84. The van der Waals surface area contributed by atoms with Gasteiger partial charge in [-0.05, 0) is 50.7 Å². The predicted octanol–water partition coefficient (Wildman–Crippen LogP) is 12.0. The minimum Gasteiger partial charge on any atom is -0.303 e. The third kappa shape index (κ3) is 30.1. The molecule has 35 heavy (non-hydrogen) atoms. The molecule has 0 spiro atoms. The molecular weight excluding hydrogens is 422 g/mol. The van der Waals surface area contributed by atoms with E-state index < -0.39 is 0 Å². The molecule has 0 amide bonds. The third-order valence-electron chi connectivity index (χ3n) is 7.84. The number of hydrogen-bond acceptors (Lipinski definition) is 1. The summed E-state index contributed by atoms with van der Waals surface area (Å²) in [6.45, 7) is 15.8. The van der Waals surface area contributed by atoms with Crippen molar-refractivity contribution < 1.29 is 0 Å². The van der Waals surface area contributed by atoms with Crippen molar-refractivity contribution in [1.29, 1.82) is 0 Å². The Labute approximate surface area is 225 Å². The zero-order valence-electron chi connectivity index (χ0n) is 25.7. The summed E-state index contributed by atoms with van der Waals surface area (Å²) in [5.41, 5.74) is 0. The lowest BCUT2D eigenvalue weighted by Crippen LogP contribution is -2.27. The molecule has 0 aromatic carbocycles. The quantitative estimate of drug-likeness (QED) is 0.0936. The van der Waals surface area contributed by atoms with Crippen LogP contribution < -0.4 is 0 Å². The van der Waals surface area contributed by atoms with Gasteiger partial charge in [0, 0.05) is 0 Å². The van der Waals surface area contributed by atoms with E-state index in [0.717, 1.165) is 11.8 Å². The van der Waals surface area contributed by atoms with E-state index in [1.54, 1.807) is 0 Å². The Balaban J connectivity index is 3.89. The molecule has 1 heteroatoms. The zero-order valence-corrected chi connectivity index (χ0v) is 25.7. The van der Waals surface area contributed by atoms with Gasteiger partial charge in [-0.3, -0.25) is 0 Å². The second kappa shape index (κ2) is 28.5. The molecule has 0 rings (SSSR count). The van der Waals surface area contributed by atoms with E-state index in [2.05, 4.69) is 39.5 Å². The van der Waals surface area contributed by atoms with Gasteiger partial charge in [0.25, 0.3) is 0 Å². The van der Waals surface area contributed by atoms with Crippen molar-refractivity contribution in [2.24, 2.45) is 11.8 Å². The normalized spacial score (nSPS) is 12.0. The van der Waals surface area contributed by atoms with Crippen molar-refractivity contribution in [3.05, 3.63) is 0 Å². The van der Waals surface area contributed by atoms with Gasteiger partial charge in [0.2, 0.25) is 0 Å². The third-order valence-corrected chi connectivity index (χ3v) is 7.84. The van der Waals surface area contributed by atoms with E-state index in [1.807, 2.05) is 0 Å². The summed E-state index contributed by atoms with van der Waals surface area (Å²) < 4.78 is 0. The summed E-state index contributed by atoms with van der Waals surface area (Å²) in [7, 11) is 0. The zero-order chi connectivity index (χ0) is 25.8. The minimum atomic E-state index is 0.884. The molecule has 0 aliphatic rings. The van der Waals surface area contributed by atoms with E-state index >= 15 is 0 Å². The first-order valence-corrected chi connectivity index (χ1v) is 16.8. The van der Waals surface area contributed by atoms with E-state index in [4.69, 9.17) is 0 Å². The first kappa shape index (κ1) is 35.0. The molecule has 0 aliphatic heterocycles. The van der Waals surface area contributed by atoms with Crippen molar-refractivity contribution >= 4 is 0 Å². The largest absolute Gasteiger partial charge is 0.303 e. The Morgan fingerprint density at radius 3 is 0.886 bits per heavy atom. The maximum atomic E-state index is 2.84. The Bertz CT molecular complexity index is 351. The maximum absolute atomic E-state index is 2.84. The highest BCUT2D eigenvalue weighted by Crippen LogP contribution is 2.15. The molecule has 0 bridgehead atoms. The van der Waals surface area contributed by atoms with Crippen molar-refractivity contribution in [1.82, 2.24) is 4.90 Å². The summed E-state index contributed by atoms with van der Waals surface area (Å²) >= 11 is 0. The molecule has 0 saturated carbocycles. The number of unbranched alkanes of at least 4 members (excludes halogenated alkanes) is 19. The molecule has 0 unspecified atom stereocenters. The van der Waals surface area contributed by atoms with Crippen LogP contribution in [0.2, 0.25) is 0 Å². The minimum absolute atomic E-state index is 0.884. The summed E-state index contributed by atoms with van der Waals surface area (Å²) in [6.07, 6.45) is 34.7. The second-order valence-corrected chi connectivity index (χ2v) is 12.6. The molecular formula is C34H71N. The van der Waals surface area contributed by atoms with E-state index in [-0.39, 0.29) is 0 Å². The van der Waals surface area contributed by atoms with E-state index in [9.17, 15) is 0 Å². The van der Waals surface area contributed by atoms with Crippen molar-refractivity contribution in [3.8, 4) is 0 Å². The van der Waals surface area contributed by atoms with Gasteiger partial charge in [-0.15, -0.1) is 0 Å². The summed E-state index contributed by atoms with van der Waals surface area (Å²) in [5, 5.41) is 0. The average molecular weight is 494 g/mol. The van der Waals surface area contributed by atoms with Crippen LogP contribution in [0.4, 0.5) is 0 Å². The number of nitrogens with zero attached hydrogens (tertiary/aromatic N) is 1. The smallest absolute Gasteiger partial charge is 0.00187 e. The summed E-state index contributed by atoms with van der Waals surface area (Å²) in [5.74, 6) is 1.77. The lowest BCUT2D eigenvalue weighted by molar-refractivity contribution is 0.254. The molecule has 212 valence electrons. The van der Waals surface area contributed by atoms with Crippen LogP contribution in [0.15, 0.2) is 0 Å². The summed E-state index contributed by atoms with van der Waals surface area (Å²) in [6, 6.07) is 0. The molecule has 0 atom stereocenters. The predicted molar refractivity (Wildman–Crippen MR) is 163 cm³/mol. The molecule has 0 N–H and O–H groups in total. The lowest BCUT2D eigenvalue weighted by Gasteiger charge is -2.22. The second-order valence-electron chi connectivity index (χ2n) is 12.6. The van der Waals surface area contributed by atoms with Gasteiger partial charge < -0.3 is 4.90 Å². The van der Waals surface area contributed by atoms with Crippen molar-refractivity contribution in [3.63, 3.8) is 0 Å². The van der Waals surface area contributed by atoms with Gasteiger partial charge in [0.05, 0.1) is 0 Å². The topological polar surface area (TPSA) is 3.24 Å². The standard InChI is InChI=1S/C34H71N/c1-6-7-8-9-10-11-12-15-20-25-30-35(31-26-21-16-13-18-23-28-33(2)3)32-27-22-17-14-19-24-29-34(4)5/h33-34H,6-32H2,1-5H3. The van der Waals surface area contributed by atoms with Gasteiger partial charge in [0.15, 0.2) is 0 Å². The van der Waals surface area contributed by atoms with Crippen LogP contribution in [0.3, 0.4) is 0 Å². The number of hydrogen-bond donors (Lipinski definition) is 0. The molecule has 0 aromatic heterocycles. The Morgan fingerprint density at radius 1 is 0.343 bits per heavy atom. The SMILES string of the molecule is CCCCCCCCCCCCN(CCCCCCCCC(C)C)CCCCCCCCC(C)C. The fourth-order valence-electron chi connectivity index (χ4n) is 5.35. The Hall–Kier alpha value is -0.0400. The van der Waals surface area contributed by atoms with Crippen LogP contribution in [-0.2, 0) is 0 Å². The lowest BCUT2D eigenvalue weighted by atomic mass is 10.0. The first-order chi connectivity index (χ1) is 17.1. The highest BCUT2D eigenvalue weighted by atomic mass is 15.1. The molecule has 0 radical (unpaired) electrons. The number of rotatable bonds is 29. The molecule has 0 saturated heterocycles. The van der Waals surface area contributed by atoms with Gasteiger partial charge in [-0.2, -0.15) is 0 Å². The maximum Gasteiger partial charge on any atom is -0.00187 e. The molecule has 0 aliphatic carbocycles. The van der Waals surface area contributed by atoms with Crippen LogP contribution in [-0.4, -0.2) is 24.5 Å². The fraction of sp³-hybridized carbons (Fsp3) is 1.00. The average Bonchev–Trinajstić information content (AvgIpc) is 2.82. The van der Waals surface area contributed by atoms with Crippen LogP contribution in [0, 0.1) is 11.8 Å². The molecule has 0 heterocycles. The van der Waals surface area contributed by atoms with Crippen LogP contribution in [0.1, 0.15) is 189 Å². The van der Waals surface area contributed by atoms with Crippen LogP contribution in [0.25, 0.3) is 0 Å². The van der Waals surface area contributed by atoms with E-state index in [0.29, 0.717) is 0 Å². The van der Waals surface area contributed by atoms with Crippen LogP contribution >= 0.6 is 0 Å². The van der Waals surface area contributed by atoms with Crippen molar-refractivity contribution in [2.45, 2.75) is 189 Å². The van der Waals surface area contributed by atoms with Gasteiger partial charge in [-0.25, -0.2) is 0 Å². The molecule has 0 fully saturated rings. The Morgan fingerprint density at radius 2 is 0.600 bits per heavy atom.